The summed E-state index contributed by atoms with van der Waals surface area (Å²) < 4.78 is 9.86. The third-order valence-electron chi connectivity index (χ3n) is 3.94. The number of carboxylic acid groups (broad SMARTS) is 1. The number of ether oxygens (including phenoxy) is 2. The lowest BCUT2D eigenvalue weighted by Gasteiger charge is -2.34. The molecule has 0 aromatic heterocycles. The molecule has 0 radical (unpaired) electrons. The SMILES string of the molecule is CC1C(=O)OC(=O)C1[C@H](C)C(C)(C)OC(=O)CCC(=O)O. The second-order valence-corrected chi connectivity index (χ2v) is 5.81. The van der Waals surface area contributed by atoms with Gasteiger partial charge < -0.3 is 14.6 Å². The fourth-order valence-corrected chi connectivity index (χ4v) is 2.33. The van der Waals surface area contributed by atoms with Crippen LogP contribution in [0.3, 0.4) is 0 Å². The smallest absolute Gasteiger partial charge is 0.317 e. The number of aliphatic carboxylic acids is 1. The van der Waals surface area contributed by atoms with Crippen LogP contribution in [0.2, 0.25) is 0 Å². The van der Waals surface area contributed by atoms with Gasteiger partial charge >= 0.3 is 23.9 Å². The molecule has 1 aliphatic rings. The zero-order chi connectivity index (χ0) is 16.4. The summed E-state index contributed by atoms with van der Waals surface area (Å²) in [6.07, 6.45) is -0.557. The molecule has 7 heteroatoms. The van der Waals surface area contributed by atoms with Crippen molar-refractivity contribution in [3.05, 3.63) is 0 Å². The molecule has 0 amide bonds. The van der Waals surface area contributed by atoms with Crippen LogP contribution in [0, 0.1) is 17.8 Å². The van der Waals surface area contributed by atoms with Crippen LogP contribution < -0.4 is 0 Å². The second kappa shape index (κ2) is 6.24. The molecule has 0 aromatic rings. The van der Waals surface area contributed by atoms with Gasteiger partial charge in [-0.3, -0.25) is 19.2 Å². The molecule has 1 aliphatic heterocycles. The summed E-state index contributed by atoms with van der Waals surface area (Å²) >= 11 is 0. The molecule has 3 atom stereocenters. The zero-order valence-electron chi connectivity index (χ0n) is 12.5. The Morgan fingerprint density at radius 3 is 2.29 bits per heavy atom. The van der Waals surface area contributed by atoms with Crippen molar-refractivity contribution in [3.63, 3.8) is 0 Å². The molecule has 1 rings (SSSR count). The van der Waals surface area contributed by atoms with Crippen LogP contribution in [0.5, 0.6) is 0 Å². The van der Waals surface area contributed by atoms with Gasteiger partial charge in [0.25, 0.3) is 0 Å². The Morgan fingerprint density at radius 2 is 1.86 bits per heavy atom. The maximum atomic E-state index is 11.7. The van der Waals surface area contributed by atoms with Crippen molar-refractivity contribution in [1.82, 2.24) is 0 Å². The average molecular weight is 300 g/mol. The minimum absolute atomic E-state index is 0.241. The number of hydrogen-bond acceptors (Lipinski definition) is 6. The Balaban J connectivity index is 2.73. The summed E-state index contributed by atoms with van der Waals surface area (Å²) in [7, 11) is 0. The quantitative estimate of drug-likeness (QED) is 0.579. The van der Waals surface area contributed by atoms with Crippen molar-refractivity contribution in [2.24, 2.45) is 17.8 Å². The van der Waals surface area contributed by atoms with Gasteiger partial charge in [-0.05, 0) is 13.8 Å². The van der Waals surface area contributed by atoms with Crippen LogP contribution in [0.4, 0.5) is 0 Å². The van der Waals surface area contributed by atoms with E-state index < -0.39 is 47.2 Å². The highest BCUT2D eigenvalue weighted by atomic mass is 16.6. The van der Waals surface area contributed by atoms with Gasteiger partial charge in [0, 0.05) is 5.92 Å². The van der Waals surface area contributed by atoms with Crippen LogP contribution in [0.25, 0.3) is 0 Å². The number of carbonyl (C=O) groups is 4. The number of esters is 3. The van der Waals surface area contributed by atoms with Gasteiger partial charge in [0.2, 0.25) is 0 Å². The highest BCUT2D eigenvalue weighted by Crippen LogP contribution is 2.37. The number of rotatable bonds is 6. The van der Waals surface area contributed by atoms with Crippen molar-refractivity contribution < 1.29 is 33.8 Å². The van der Waals surface area contributed by atoms with E-state index in [0.29, 0.717) is 0 Å². The molecule has 1 N–H and O–H groups in total. The van der Waals surface area contributed by atoms with E-state index in [1.165, 1.54) is 0 Å². The average Bonchev–Trinajstić information content (AvgIpc) is 2.59. The van der Waals surface area contributed by atoms with Crippen LogP contribution in [0.1, 0.15) is 40.5 Å². The Labute approximate surface area is 122 Å². The highest BCUT2D eigenvalue weighted by Gasteiger charge is 2.49. The first-order chi connectivity index (χ1) is 9.56. The summed E-state index contributed by atoms with van der Waals surface area (Å²) in [6, 6.07) is 0. The molecule has 1 fully saturated rings. The van der Waals surface area contributed by atoms with Gasteiger partial charge in [-0.15, -0.1) is 0 Å². The maximum absolute atomic E-state index is 11.7. The topological polar surface area (TPSA) is 107 Å². The van der Waals surface area contributed by atoms with Gasteiger partial charge in [0.1, 0.15) is 5.60 Å². The van der Waals surface area contributed by atoms with Crippen LogP contribution >= 0.6 is 0 Å². The van der Waals surface area contributed by atoms with Gasteiger partial charge in [-0.1, -0.05) is 13.8 Å². The fraction of sp³-hybridized carbons (Fsp3) is 0.714. The lowest BCUT2D eigenvalue weighted by Crippen LogP contribution is -2.42. The first-order valence-corrected chi connectivity index (χ1v) is 6.75. The Morgan fingerprint density at radius 1 is 1.29 bits per heavy atom. The Kier molecular flexibility index (Phi) is 5.09. The molecule has 7 nitrogen and oxygen atoms in total. The molecule has 0 saturated carbocycles. The molecule has 2 unspecified atom stereocenters. The molecule has 1 saturated heterocycles. The summed E-state index contributed by atoms with van der Waals surface area (Å²) in [6.45, 7) is 6.54. The predicted octanol–water partition coefficient (Wildman–Crippen LogP) is 1.14. The number of hydrogen-bond donors (Lipinski definition) is 1. The molecule has 0 spiro atoms. The third-order valence-corrected chi connectivity index (χ3v) is 3.94. The van der Waals surface area contributed by atoms with E-state index in [1.54, 1.807) is 27.7 Å². The normalized spacial score (nSPS) is 23.6. The van der Waals surface area contributed by atoms with Crippen molar-refractivity contribution in [2.45, 2.75) is 46.1 Å². The van der Waals surface area contributed by atoms with Crippen molar-refractivity contribution >= 4 is 23.9 Å². The van der Waals surface area contributed by atoms with Crippen LogP contribution in [0.15, 0.2) is 0 Å². The fourth-order valence-electron chi connectivity index (χ4n) is 2.33. The van der Waals surface area contributed by atoms with Crippen molar-refractivity contribution in [1.29, 1.82) is 0 Å². The standard InChI is InChI=1S/C14H20O7/c1-7-11(13(19)20-12(7)18)8(2)14(3,4)21-10(17)6-5-9(15)16/h7-8,11H,5-6H2,1-4H3,(H,15,16)/t7?,8-,11?/m0/s1. The number of carbonyl (C=O) groups excluding carboxylic acids is 3. The Hall–Kier alpha value is -1.92. The molecule has 0 bridgehead atoms. The molecule has 0 aliphatic carbocycles. The zero-order valence-corrected chi connectivity index (χ0v) is 12.5. The van der Waals surface area contributed by atoms with E-state index in [4.69, 9.17) is 9.84 Å². The minimum atomic E-state index is -1.09. The molecule has 21 heavy (non-hydrogen) atoms. The second-order valence-electron chi connectivity index (χ2n) is 5.81. The molecule has 1 heterocycles. The molecular formula is C14H20O7. The lowest BCUT2D eigenvalue weighted by molar-refractivity contribution is -0.168. The maximum Gasteiger partial charge on any atom is 0.317 e. The van der Waals surface area contributed by atoms with Gasteiger partial charge in [0.15, 0.2) is 0 Å². The largest absolute Gasteiger partial charge is 0.481 e. The third kappa shape index (κ3) is 4.03. The molecule has 0 aromatic carbocycles. The van der Waals surface area contributed by atoms with Crippen LogP contribution in [-0.2, 0) is 28.7 Å². The van der Waals surface area contributed by atoms with E-state index >= 15 is 0 Å². The van der Waals surface area contributed by atoms with Crippen molar-refractivity contribution in [3.8, 4) is 0 Å². The lowest BCUT2D eigenvalue weighted by atomic mass is 9.76. The number of carboxylic acids is 1. The van der Waals surface area contributed by atoms with E-state index in [9.17, 15) is 19.2 Å². The summed E-state index contributed by atoms with van der Waals surface area (Å²) in [5, 5.41) is 8.53. The summed E-state index contributed by atoms with van der Waals surface area (Å²) in [5.74, 6) is -4.65. The summed E-state index contributed by atoms with van der Waals surface area (Å²) in [5.41, 5.74) is -1.02. The van der Waals surface area contributed by atoms with Crippen molar-refractivity contribution in [2.75, 3.05) is 0 Å². The summed E-state index contributed by atoms with van der Waals surface area (Å²) in [4.78, 5) is 45.2. The van der Waals surface area contributed by atoms with Gasteiger partial charge in [-0.2, -0.15) is 0 Å². The number of cyclic esters (lactones) is 2. The van der Waals surface area contributed by atoms with E-state index in [1.807, 2.05) is 0 Å². The first-order valence-electron chi connectivity index (χ1n) is 6.75. The highest BCUT2D eigenvalue weighted by molar-refractivity contribution is 5.96. The van der Waals surface area contributed by atoms with E-state index in [-0.39, 0.29) is 12.8 Å². The minimum Gasteiger partial charge on any atom is -0.481 e. The Bertz CT molecular complexity index is 466. The van der Waals surface area contributed by atoms with Crippen LogP contribution in [-0.4, -0.2) is 34.6 Å². The van der Waals surface area contributed by atoms with Gasteiger partial charge in [-0.25, -0.2) is 0 Å². The molecular weight excluding hydrogens is 280 g/mol. The van der Waals surface area contributed by atoms with Gasteiger partial charge in [0.05, 0.1) is 24.7 Å². The first kappa shape index (κ1) is 17.1. The van der Waals surface area contributed by atoms with E-state index in [2.05, 4.69) is 4.74 Å². The van der Waals surface area contributed by atoms with E-state index in [0.717, 1.165) is 0 Å². The molecule has 118 valence electrons. The monoisotopic (exact) mass is 300 g/mol. The predicted molar refractivity (Wildman–Crippen MR) is 70.0 cm³/mol.